The second-order valence-electron chi connectivity index (χ2n) is 11.2. The normalized spacial score (nSPS) is 19.6. The number of Topliss-reactive ketones (excluding diaryl/α,β-unsaturated/α-hetero) is 1. The summed E-state index contributed by atoms with van der Waals surface area (Å²) in [5, 5.41) is 0. The summed E-state index contributed by atoms with van der Waals surface area (Å²) in [6.07, 6.45) is 5.21. The molecule has 2 aliphatic heterocycles. The van der Waals surface area contributed by atoms with Crippen LogP contribution >= 0.6 is 0 Å². The molecule has 1 aliphatic carbocycles. The molecule has 7 nitrogen and oxygen atoms in total. The number of benzene rings is 2. The molecule has 2 aromatic carbocycles. The Labute approximate surface area is 225 Å². The van der Waals surface area contributed by atoms with Gasteiger partial charge in [-0.3, -0.25) is 14.5 Å². The van der Waals surface area contributed by atoms with E-state index >= 15 is 0 Å². The summed E-state index contributed by atoms with van der Waals surface area (Å²) in [4.78, 5) is 45.6. The van der Waals surface area contributed by atoms with Crippen LogP contribution in [0.4, 0.5) is 16.2 Å². The zero-order valence-corrected chi connectivity index (χ0v) is 22.6. The molecular weight excluding hydrogens is 478 g/mol. The van der Waals surface area contributed by atoms with Gasteiger partial charge < -0.3 is 14.5 Å². The minimum absolute atomic E-state index is 0.0223. The Balaban J connectivity index is 1.26. The molecule has 1 saturated carbocycles. The van der Waals surface area contributed by atoms with E-state index in [2.05, 4.69) is 12.1 Å². The Bertz CT molecular complexity index is 1130. The fourth-order valence-corrected chi connectivity index (χ4v) is 5.95. The van der Waals surface area contributed by atoms with Crippen molar-refractivity contribution in [3.05, 3.63) is 60.2 Å². The van der Waals surface area contributed by atoms with Gasteiger partial charge in [-0.15, -0.1) is 0 Å². The molecule has 202 valence electrons. The van der Waals surface area contributed by atoms with Gasteiger partial charge >= 0.3 is 6.03 Å². The highest BCUT2D eigenvalue weighted by Crippen LogP contribution is 2.41. The van der Waals surface area contributed by atoms with Crippen LogP contribution < -0.4 is 9.80 Å². The Morgan fingerprint density at radius 2 is 1.53 bits per heavy atom. The summed E-state index contributed by atoms with van der Waals surface area (Å²) in [5.74, 6) is 0.687. The standard InChI is InChI=1S/C31H39N3O4/c1-23(35)31(22-29(36)34(27-6-4-3-5-7-27)28-14-20-38-21-15-28)16-18-33(19-17-31)30(37)32(2)26-12-10-25(11-13-26)24-8-9-24/h3-7,10-13,24,28H,8-9,14-22H2,1-2H3. The SMILES string of the molecule is CC(=O)C1(CC(=O)N(c2ccccc2)C2CCOCC2)CCN(C(=O)N(C)c2ccc(C3CC3)cc2)CC1. The van der Waals surface area contributed by atoms with Gasteiger partial charge in [0, 0.05) is 62.6 Å². The van der Waals surface area contributed by atoms with Gasteiger partial charge in [-0.1, -0.05) is 30.3 Å². The van der Waals surface area contributed by atoms with Gasteiger partial charge in [0.2, 0.25) is 5.91 Å². The number of carbonyl (C=O) groups excluding carboxylic acids is 3. The van der Waals surface area contributed by atoms with E-state index in [0.29, 0.717) is 45.1 Å². The summed E-state index contributed by atoms with van der Waals surface area (Å²) >= 11 is 0. The molecule has 0 radical (unpaired) electrons. The first-order valence-electron chi connectivity index (χ1n) is 14.0. The molecule has 0 N–H and O–H groups in total. The zero-order valence-electron chi connectivity index (χ0n) is 22.6. The number of hydrogen-bond donors (Lipinski definition) is 0. The van der Waals surface area contributed by atoms with Gasteiger partial charge in [0.25, 0.3) is 0 Å². The van der Waals surface area contributed by atoms with Crippen LogP contribution in [0.15, 0.2) is 54.6 Å². The molecule has 0 aromatic heterocycles. The maximum absolute atomic E-state index is 13.9. The van der Waals surface area contributed by atoms with Crippen molar-refractivity contribution in [1.82, 2.24) is 4.90 Å². The average molecular weight is 518 g/mol. The third kappa shape index (κ3) is 5.63. The molecule has 38 heavy (non-hydrogen) atoms. The third-order valence-corrected chi connectivity index (χ3v) is 8.70. The lowest BCUT2D eigenvalue weighted by Gasteiger charge is -2.42. The number of amides is 3. The number of rotatable bonds is 7. The van der Waals surface area contributed by atoms with Crippen LogP contribution in [0.5, 0.6) is 0 Å². The number of carbonyl (C=O) groups is 3. The van der Waals surface area contributed by atoms with Gasteiger partial charge in [-0.2, -0.15) is 0 Å². The second kappa shape index (κ2) is 11.3. The molecule has 0 atom stereocenters. The topological polar surface area (TPSA) is 70.2 Å². The van der Waals surface area contributed by atoms with Crippen molar-refractivity contribution in [2.45, 2.75) is 63.8 Å². The number of para-hydroxylation sites is 1. The highest BCUT2D eigenvalue weighted by Gasteiger charge is 2.44. The first kappa shape index (κ1) is 26.4. The van der Waals surface area contributed by atoms with Crippen molar-refractivity contribution in [3.8, 4) is 0 Å². The van der Waals surface area contributed by atoms with Gasteiger partial charge in [-0.25, -0.2) is 4.79 Å². The number of ether oxygens (including phenoxy) is 1. The number of anilines is 2. The minimum Gasteiger partial charge on any atom is -0.381 e. The van der Waals surface area contributed by atoms with E-state index in [-0.39, 0.29) is 30.2 Å². The number of ketones is 1. The van der Waals surface area contributed by atoms with Gasteiger partial charge in [0.05, 0.1) is 0 Å². The van der Waals surface area contributed by atoms with Gasteiger partial charge in [0.15, 0.2) is 0 Å². The van der Waals surface area contributed by atoms with E-state index in [1.54, 1.807) is 18.9 Å². The minimum atomic E-state index is -0.753. The fraction of sp³-hybridized carbons (Fsp3) is 0.516. The van der Waals surface area contributed by atoms with E-state index in [1.165, 1.54) is 18.4 Å². The molecule has 2 saturated heterocycles. The summed E-state index contributed by atoms with van der Waals surface area (Å²) in [6, 6.07) is 18.0. The lowest BCUT2D eigenvalue weighted by molar-refractivity contribution is -0.135. The summed E-state index contributed by atoms with van der Waals surface area (Å²) in [6.45, 7) is 3.78. The van der Waals surface area contributed by atoms with E-state index in [9.17, 15) is 14.4 Å². The quantitative estimate of drug-likeness (QED) is 0.494. The smallest absolute Gasteiger partial charge is 0.324 e. The summed E-state index contributed by atoms with van der Waals surface area (Å²) in [5.41, 5.74) is 2.32. The average Bonchev–Trinajstić information content (AvgIpc) is 3.80. The van der Waals surface area contributed by atoms with Crippen LogP contribution in [0.1, 0.15) is 63.4 Å². The molecule has 0 bridgehead atoms. The predicted octanol–water partition coefficient (Wildman–Crippen LogP) is 5.39. The number of urea groups is 1. The monoisotopic (exact) mass is 517 g/mol. The first-order valence-corrected chi connectivity index (χ1v) is 14.0. The van der Waals surface area contributed by atoms with Crippen LogP contribution in [0.3, 0.4) is 0 Å². The maximum Gasteiger partial charge on any atom is 0.324 e. The number of nitrogens with zero attached hydrogens (tertiary/aromatic N) is 3. The summed E-state index contributed by atoms with van der Waals surface area (Å²) < 4.78 is 5.54. The van der Waals surface area contributed by atoms with Crippen LogP contribution in [0, 0.1) is 5.41 Å². The van der Waals surface area contributed by atoms with Crippen molar-refractivity contribution in [2.24, 2.45) is 5.41 Å². The Kier molecular flexibility index (Phi) is 7.84. The lowest BCUT2D eigenvalue weighted by atomic mass is 9.72. The van der Waals surface area contributed by atoms with E-state index < -0.39 is 5.41 Å². The van der Waals surface area contributed by atoms with Crippen molar-refractivity contribution in [2.75, 3.05) is 43.2 Å². The Morgan fingerprint density at radius 3 is 2.11 bits per heavy atom. The molecule has 7 heteroatoms. The summed E-state index contributed by atoms with van der Waals surface area (Å²) in [7, 11) is 1.80. The van der Waals surface area contributed by atoms with Crippen molar-refractivity contribution >= 4 is 29.1 Å². The van der Waals surface area contributed by atoms with Crippen molar-refractivity contribution < 1.29 is 19.1 Å². The van der Waals surface area contributed by atoms with Crippen LogP contribution in [-0.4, -0.2) is 62.0 Å². The number of hydrogen-bond acceptors (Lipinski definition) is 4. The molecule has 2 heterocycles. The van der Waals surface area contributed by atoms with Gasteiger partial charge in [-0.05, 0) is 81.2 Å². The van der Waals surface area contributed by atoms with Crippen LogP contribution in [0.2, 0.25) is 0 Å². The zero-order chi connectivity index (χ0) is 26.7. The molecule has 0 unspecified atom stereocenters. The molecule has 3 amide bonds. The van der Waals surface area contributed by atoms with Gasteiger partial charge in [0.1, 0.15) is 5.78 Å². The first-order chi connectivity index (χ1) is 18.4. The third-order valence-electron chi connectivity index (χ3n) is 8.70. The predicted molar refractivity (Wildman–Crippen MR) is 149 cm³/mol. The second-order valence-corrected chi connectivity index (χ2v) is 11.2. The van der Waals surface area contributed by atoms with E-state index in [1.807, 2.05) is 52.3 Å². The van der Waals surface area contributed by atoms with Crippen molar-refractivity contribution in [3.63, 3.8) is 0 Å². The van der Waals surface area contributed by atoms with Crippen LogP contribution in [-0.2, 0) is 14.3 Å². The lowest BCUT2D eigenvalue weighted by Crippen LogP contribution is -2.52. The largest absolute Gasteiger partial charge is 0.381 e. The molecule has 3 fully saturated rings. The molecule has 2 aromatic rings. The Morgan fingerprint density at radius 1 is 0.895 bits per heavy atom. The fourth-order valence-electron chi connectivity index (χ4n) is 5.95. The van der Waals surface area contributed by atoms with Crippen LogP contribution in [0.25, 0.3) is 0 Å². The van der Waals surface area contributed by atoms with Crippen molar-refractivity contribution in [1.29, 1.82) is 0 Å². The molecule has 3 aliphatic rings. The maximum atomic E-state index is 13.9. The van der Waals surface area contributed by atoms with E-state index in [4.69, 9.17) is 4.74 Å². The number of likely N-dealkylation sites (tertiary alicyclic amines) is 1. The molecular formula is C31H39N3O4. The number of piperidine rings is 1. The molecule has 0 spiro atoms. The van der Waals surface area contributed by atoms with E-state index in [0.717, 1.165) is 24.2 Å². The molecule has 5 rings (SSSR count). The Hall–Kier alpha value is -3.19. The highest BCUT2D eigenvalue weighted by atomic mass is 16.5. The highest BCUT2D eigenvalue weighted by molar-refractivity contribution is 5.98.